The molecule has 5 heteroatoms. The minimum Gasteiger partial charge on any atom is -0.376 e. The molecule has 0 bridgehead atoms. The van der Waals surface area contributed by atoms with E-state index in [9.17, 15) is 0 Å². The highest BCUT2D eigenvalue weighted by atomic mass is 32.1. The highest BCUT2D eigenvalue weighted by Crippen LogP contribution is 2.09. The molecule has 0 aliphatic carbocycles. The lowest BCUT2D eigenvalue weighted by atomic mass is 10.4. The standard InChI is InChI=1S/C7H11N3S2/c1-5-9-6(4-12-5)3-10(2)7(8)11/h4H,3H2,1-2H3,(H2,8,11). The Hall–Kier alpha value is -0.680. The summed E-state index contributed by atoms with van der Waals surface area (Å²) < 4.78 is 0. The summed E-state index contributed by atoms with van der Waals surface area (Å²) in [5, 5.41) is 3.49. The maximum Gasteiger partial charge on any atom is 0.166 e. The third-order valence-electron chi connectivity index (χ3n) is 1.44. The van der Waals surface area contributed by atoms with Crippen LogP contribution in [0.25, 0.3) is 0 Å². The van der Waals surface area contributed by atoms with E-state index in [0.29, 0.717) is 11.7 Å². The van der Waals surface area contributed by atoms with E-state index in [1.165, 1.54) is 0 Å². The summed E-state index contributed by atoms with van der Waals surface area (Å²) in [7, 11) is 1.86. The van der Waals surface area contributed by atoms with Crippen LogP contribution in [0.15, 0.2) is 5.38 Å². The fourth-order valence-electron chi connectivity index (χ4n) is 0.802. The number of rotatable bonds is 2. The Morgan fingerprint density at radius 2 is 2.50 bits per heavy atom. The first kappa shape index (κ1) is 9.41. The molecule has 3 nitrogen and oxygen atoms in total. The number of aryl methyl sites for hydroxylation is 1. The van der Waals surface area contributed by atoms with Gasteiger partial charge < -0.3 is 10.6 Å². The van der Waals surface area contributed by atoms with Crippen molar-refractivity contribution in [1.82, 2.24) is 9.88 Å². The molecular formula is C7H11N3S2. The number of hydrogen-bond acceptors (Lipinski definition) is 3. The zero-order valence-corrected chi connectivity index (χ0v) is 8.71. The van der Waals surface area contributed by atoms with Gasteiger partial charge in [0, 0.05) is 12.4 Å². The van der Waals surface area contributed by atoms with Gasteiger partial charge in [0.05, 0.1) is 17.2 Å². The predicted molar refractivity (Wildman–Crippen MR) is 55.1 cm³/mol. The van der Waals surface area contributed by atoms with E-state index in [1.807, 2.05) is 19.4 Å². The Kier molecular flexibility index (Phi) is 2.99. The summed E-state index contributed by atoms with van der Waals surface area (Å²) in [6.45, 7) is 2.68. The highest BCUT2D eigenvalue weighted by Gasteiger charge is 2.03. The molecule has 1 heterocycles. The summed E-state index contributed by atoms with van der Waals surface area (Å²) in [4.78, 5) is 6.09. The van der Waals surface area contributed by atoms with Crippen LogP contribution in [0, 0.1) is 6.92 Å². The molecule has 0 radical (unpaired) electrons. The first-order chi connectivity index (χ1) is 5.59. The topological polar surface area (TPSA) is 42.2 Å². The maximum absolute atomic E-state index is 5.42. The van der Waals surface area contributed by atoms with Gasteiger partial charge in [0.1, 0.15) is 0 Å². The quantitative estimate of drug-likeness (QED) is 0.728. The van der Waals surface area contributed by atoms with Gasteiger partial charge in [0.25, 0.3) is 0 Å². The van der Waals surface area contributed by atoms with Gasteiger partial charge in [-0.2, -0.15) is 0 Å². The lowest BCUT2D eigenvalue weighted by molar-refractivity contribution is 0.497. The van der Waals surface area contributed by atoms with E-state index in [-0.39, 0.29) is 0 Å². The maximum atomic E-state index is 5.42. The van der Waals surface area contributed by atoms with Gasteiger partial charge >= 0.3 is 0 Å². The zero-order chi connectivity index (χ0) is 9.14. The zero-order valence-electron chi connectivity index (χ0n) is 7.07. The van der Waals surface area contributed by atoms with Crippen molar-refractivity contribution in [3.8, 4) is 0 Å². The SMILES string of the molecule is Cc1nc(CN(C)C(N)=S)cs1. The summed E-state index contributed by atoms with van der Waals surface area (Å²) in [5.41, 5.74) is 6.44. The summed E-state index contributed by atoms with van der Waals surface area (Å²) in [6, 6.07) is 0. The molecule has 1 aromatic heterocycles. The number of thiocarbonyl (C=S) groups is 1. The summed E-state index contributed by atoms with van der Waals surface area (Å²) >= 11 is 6.44. The molecule has 0 saturated heterocycles. The Labute approximate surface area is 81.2 Å². The number of thiazole rings is 1. The highest BCUT2D eigenvalue weighted by molar-refractivity contribution is 7.80. The van der Waals surface area contributed by atoms with Crippen LogP contribution in [-0.4, -0.2) is 22.0 Å². The second-order valence-electron chi connectivity index (χ2n) is 2.55. The van der Waals surface area contributed by atoms with Crippen molar-refractivity contribution in [2.24, 2.45) is 5.73 Å². The normalized spacial score (nSPS) is 9.83. The van der Waals surface area contributed by atoms with E-state index < -0.39 is 0 Å². The average Bonchev–Trinajstić information content (AvgIpc) is 2.35. The van der Waals surface area contributed by atoms with Crippen molar-refractivity contribution in [2.45, 2.75) is 13.5 Å². The molecule has 0 spiro atoms. The lowest BCUT2D eigenvalue weighted by Crippen LogP contribution is -2.31. The van der Waals surface area contributed by atoms with Crippen molar-refractivity contribution in [3.63, 3.8) is 0 Å². The number of aromatic nitrogens is 1. The minimum atomic E-state index is 0.403. The van der Waals surface area contributed by atoms with Crippen LogP contribution in [-0.2, 0) is 6.54 Å². The molecule has 0 atom stereocenters. The molecule has 1 rings (SSSR count). The van der Waals surface area contributed by atoms with E-state index in [2.05, 4.69) is 4.98 Å². The van der Waals surface area contributed by atoms with Gasteiger partial charge in [-0.3, -0.25) is 0 Å². The van der Waals surface area contributed by atoms with Crippen molar-refractivity contribution < 1.29 is 0 Å². The molecule has 0 aliphatic rings. The second-order valence-corrected chi connectivity index (χ2v) is 4.03. The van der Waals surface area contributed by atoms with Crippen molar-refractivity contribution >= 4 is 28.7 Å². The van der Waals surface area contributed by atoms with E-state index in [0.717, 1.165) is 10.7 Å². The Bertz CT molecular complexity index is 282. The molecule has 0 aromatic carbocycles. The molecule has 0 saturated carbocycles. The molecule has 66 valence electrons. The van der Waals surface area contributed by atoms with Gasteiger partial charge in [0.15, 0.2) is 5.11 Å². The molecule has 0 amide bonds. The molecule has 0 unspecified atom stereocenters. The van der Waals surface area contributed by atoms with E-state index >= 15 is 0 Å². The Balaban J connectivity index is 2.58. The van der Waals surface area contributed by atoms with E-state index in [4.69, 9.17) is 18.0 Å². The van der Waals surface area contributed by atoms with Gasteiger partial charge in [-0.05, 0) is 19.1 Å². The van der Waals surface area contributed by atoms with Crippen LogP contribution >= 0.6 is 23.6 Å². The molecule has 2 N–H and O–H groups in total. The molecule has 12 heavy (non-hydrogen) atoms. The third-order valence-corrected chi connectivity index (χ3v) is 2.58. The van der Waals surface area contributed by atoms with Gasteiger partial charge in [-0.1, -0.05) is 0 Å². The van der Waals surface area contributed by atoms with Gasteiger partial charge in [-0.25, -0.2) is 4.98 Å². The van der Waals surface area contributed by atoms with Crippen molar-refractivity contribution in [1.29, 1.82) is 0 Å². The van der Waals surface area contributed by atoms with Crippen LogP contribution in [0.4, 0.5) is 0 Å². The predicted octanol–water partition coefficient (Wildman–Crippen LogP) is 1.13. The second kappa shape index (κ2) is 3.82. The number of nitrogens with two attached hydrogens (primary N) is 1. The third kappa shape index (κ3) is 2.42. The van der Waals surface area contributed by atoms with Crippen molar-refractivity contribution in [3.05, 3.63) is 16.1 Å². The number of hydrogen-bond donors (Lipinski definition) is 1. The largest absolute Gasteiger partial charge is 0.376 e. The summed E-state index contributed by atoms with van der Waals surface area (Å²) in [6.07, 6.45) is 0. The fraction of sp³-hybridized carbons (Fsp3) is 0.429. The van der Waals surface area contributed by atoms with Crippen LogP contribution in [0.2, 0.25) is 0 Å². The van der Waals surface area contributed by atoms with Crippen LogP contribution in [0.3, 0.4) is 0 Å². The summed E-state index contributed by atoms with van der Waals surface area (Å²) in [5.74, 6) is 0. The van der Waals surface area contributed by atoms with Crippen LogP contribution < -0.4 is 5.73 Å². The smallest absolute Gasteiger partial charge is 0.166 e. The first-order valence-electron chi connectivity index (χ1n) is 3.51. The molecule has 0 fully saturated rings. The number of nitrogens with zero attached hydrogens (tertiary/aromatic N) is 2. The molecule has 1 aromatic rings. The Morgan fingerprint density at radius 3 is 2.92 bits per heavy atom. The molecule has 0 aliphatic heterocycles. The van der Waals surface area contributed by atoms with Crippen LogP contribution in [0.5, 0.6) is 0 Å². The fourth-order valence-corrected chi connectivity index (χ4v) is 1.47. The average molecular weight is 201 g/mol. The van der Waals surface area contributed by atoms with Crippen molar-refractivity contribution in [2.75, 3.05) is 7.05 Å². The lowest BCUT2D eigenvalue weighted by Gasteiger charge is -2.14. The van der Waals surface area contributed by atoms with Gasteiger partial charge in [-0.15, -0.1) is 11.3 Å². The van der Waals surface area contributed by atoms with Crippen LogP contribution in [0.1, 0.15) is 10.7 Å². The Morgan fingerprint density at radius 1 is 1.83 bits per heavy atom. The van der Waals surface area contributed by atoms with Gasteiger partial charge in [0.2, 0.25) is 0 Å². The first-order valence-corrected chi connectivity index (χ1v) is 4.80. The monoisotopic (exact) mass is 201 g/mol. The van der Waals surface area contributed by atoms with E-state index in [1.54, 1.807) is 16.2 Å². The minimum absolute atomic E-state index is 0.403. The molecular weight excluding hydrogens is 190 g/mol.